The molecule has 0 saturated carbocycles. The van der Waals surface area contributed by atoms with Gasteiger partial charge in [-0.1, -0.05) is 12.1 Å². The van der Waals surface area contributed by atoms with Crippen LogP contribution in [-0.4, -0.2) is 48.9 Å². The van der Waals surface area contributed by atoms with Gasteiger partial charge in [0.15, 0.2) is 0 Å². The molecular formula is C23H29N3O. The monoisotopic (exact) mass is 363 g/mol. The highest BCUT2D eigenvalue weighted by molar-refractivity contribution is 6.04. The molecule has 1 saturated heterocycles. The number of likely N-dealkylation sites (N-methyl/N-ethyl adjacent to an activating group) is 1. The predicted octanol–water partition coefficient (Wildman–Crippen LogP) is 3.79. The summed E-state index contributed by atoms with van der Waals surface area (Å²) in [7, 11) is 2.19. The summed E-state index contributed by atoms with van der Waals surface area (Å²) < 4.78 is 0. The lowest BCUT2D eigenvalue weighted by Gasteiger charge is -2.36. The predicted molar refractivity (Wildman–Crippen MR) is 110 cm³/mol. The van der Waals surface area contributed by atoms with E-state index in [4.69, 9.17) is 0 Å². The molecule has 2 aliphatic rings. The first-order valence-electron chi connectivity index (χ1n) is 9.95. The molecular weight excluding hydrogens is 334 g/mol. The molecule has 1 N–H and O–H groups in total. The van der Waals surface area contributed by atoms with Gasteiger partial charge in [0, 0.05) is 43.5 Å². The van der Waals surface area contributed by atoms with Crippen LogP contribution in [0, 0.1) is 13.8 Å². The van der Waals surface area contributed by atoms with Gasteiger partial charge in [0.25, 0.3) is 5.91 Å². The first-order chi connectivity index (χ1) is 13.0. The van der Waals surface area contributed by atoms with Gasteiger partial charge < -0.3 is 10.2 Å². The van der Waals surface area contributed by atoms with Crippen LogP contribution >= 0.6 is 0 Å². The molecule has 4 nitrogen and oxygen atoms in total. The van der Waals surface area contributed by atoms with Gasteiger partial charge >= 0.3 is 0 Å². The van der Waals surface area contributed by atoms with Crippen molar-refractivity contribution >= 4 is 11.6 Å². The molecule has 4 rings (SSSR count). The second-order valence-corrected chi connectivity index (χ2v) is 8.06. The van der Waals surface area contributed by atoms with E-state index in [2.05, 4.69) is 48.1 Å². The molecule has 0 radical (unpaired) electrons. The highest BCUT2D eigenvalue weighted by Crippen LogP contribution is 2.36. The van der Waals surface area contributed by atoms with E-state index in [0.29, 0.717) is 6.04 Å². The van der Waals surface area contributed by atoms with Crippen LogP contribution in [0.4, 0.5) is 5.69 Å². The van der Waals surface area contributed by atoms with Crippen molar-refractivity contribution in [1.82, 2.24) is 9.80 Å². The minimum absolute atomic E-state index is 0.0240. The van der Waals surface area contributed by atoms with Crippen LogP contribution in [0.5, 0.6) is 0 Å². The van der Waals surface area contributed by atoms with Gasteiger partial charge in [0.2, 0.25) is 0 Å². The number of aryl methyl sites for hydroxylation is 3. The van der Waals surface area contributed by atoms with Gasteiger partial charge in [0.1, 0.15) is 0 Å². The van der Waals surface area contributed by atoms with Crippen LogP contribution in [0.25, 0.3) is 0 Å². The third kappa shape index (κ3) is 3.78. The Morgan fingerprint density at radius 3 is 2.52 bits per heavy atom. The number of nitrogens with one attached hydrogen (secondary N) is 1. The molecule has 1 fully saturated rings. The Bertz CT molecular complexity index is 853. The molecule has 1 aliphatic heterocycles. The Hall–Kier alpha value is -2.17. The number of benzene rings is 2. The van der Waals surface area contributed by atoms with E-state index in [1.54, 1.807) is 0 Å². The summed E-state index contributed by atoms with van der Waals surface area (Å²) in [6.45, 7) is 8.70. The number of carbonyl (C=O) groups is 1. The second-order valence-electron chi connectivity index (χ2n) is 8.06. The molecule has 27 heavy (non-hydrogen) atoms. The maximum absolute atomic E-state index is 12.7. The summed E-state index contributed by atoms with van der Waals surface area (Å²) in [5.41, 5.74) is 6.80. The minimum atomic E-state index is -0.0240. The average Bonchev–Trinajstić information content (AvgIpc) is 3.08. The van der Waals surface area contributed by atoms with Crippen molar-refractivity contribution in [2.24, 2.45) is 0 Å². The molecule has 0 bridgehead atoms. The maximum atomic E-state index is 12.7. The number of anilines is 1. The van der Waals surface area contributed by atoms with Gasteiger partial charge in [-0.25, -0.2) is 0 Å². The number of amides is 1. The van der Waals surface area contributed by atoms with Crippen molar-refractivity contribution in [2.45, 2.75) is 32.7 Å². The largest absolute Gasteiger partial charge is 0.322 e. The van der Waals surface area contributed by atoms with E-state index in [0.717, 1.165) is 43.9 Å². The van der Waals surface area contributed by atoms with Crippen molar-refractivity contribution in [2.75, 3.05) is 38.5 Å². The normalized spacial score (nSPS) is 20.5. The van der Waals surface area contributed by atoms with Crippen molar-refractivity contribution in [1.29, 1.82) is 0 Å². The fraction of sp³-hybridized carbons (Fsp3) is 0.435. The first-order valence-corrected chi connectivity index (χ1v) is 9.95. The van der Waals surface area contributed by atoms with Crippen molar-refractivity contribution in [3.8, 4) is 0 Å². The Morgan fingerprint density at radius 1 is 1.00 bits per heavy atom. The third-order valence-corrected chi connectivity index (χ3v) is 6.19. The molecule has 1 unspecified atom stereocenters. The summed E-state index contributed by atoms with van der Waals surface area (Å²) >= 11 is 0. The number of hydrogen-bond acceptors (Lipinski definition) is 3. The van der Waals surface area contributed by atoms with E-state index >= 15 is 0 Å². The van der Waals surface area contributed by atoms with Crippen LogP contribution in [0.15, 0.2) is 36.4 Å². The van der Waals surface area contributed by atoms with Crippen LogP contribution in [0.3, 0.4) is 0 Å². The molecule has 1 aliphatic carbocycles. The lowest BCUT2D eigenvalue weighted by molar-refractivity contribution is 0.102. The molecule has 2 aromatic rings. The number of rotatable bonds is 3. The summed E-state index contributed by atoms with van der Waals surface area (Å²) in [5.74, 6) is -0.0240. The number of hydrogen-bond donors (Lipinski definition) is 1. The molecule has 2 aromatic carbocycles. The van der Waals surface area contributed by atoms with Crippen LogP contribution in [-0.2, 0) is 6.42 Å². The Labute approximate surface area is 162 Å². The molecule has 0 aromatic heterocycles. The Kier molecular flexibility index (Phi) is 5.02. The molecule has 4 heteroatoms. The highest BCUT2D eigenvalue weighted by atomic mass is 16.1. The van der Waals surface area contributed by atoms with E-state index < -0.39 is 0 Å². The molecule has 142 valence electrons. The zero-order chi connectivity index (χ0) is 19.0. The third-order valence-electron chi connectivity index (χ3n) is 6.19. The summed E-state index contributed by atoms with van der Waals surface area (Å²) in [6, 6.07) is 12.8. The number of piperazine rings is 1. The zero-order valence-corrected chi connectivity index (χ0v) is 16.6. The minimum Gasteiger partial charge on any atom is -0.322 e. The molecule has 1 atom stereocenters. The average molecular weight is 364 g/mol. The van der Waals surface area contributed by atoms with Crippen molar-refractivity contribution in [3.63, 3.8) is 0 Å². The van der Waals surface area contributed by atoms with Gasteiger partial charge in [0.05, 0.1) is 0 Å². The summed E-state index contributed by atoms with van der Waals surface area (Å²) in [5, 5.41) is 3.04. The van der Waals surface area contributed by atoms with Crippen molar-refractivity contribution < 1.29 is 4.79 Å². The smallest absolute Gasteiger partial charge is 0.255 e. The molecule has 1 heterocycles. The lowest BCUT2D eigenvalue weighted by atomic mass is 10.0. The Balaban J connectivity index is 1.48. The van der Waals surface area contributed by atoms with Gasteiger partial charge in [-0.3, -0.25) is 9.69 Å². The molecule has 0 spiro atoms. The highest BCUT2D eigenvalue weighted by Gasteiger charge is 2.30. The van der Waals surface area contributed by atoms with E-state index in [1.165, 1.54) is 28.7 Å². The van der Waals surface area contributed by atoms with Gasteiger partial charge in [-0.2, -0.15) is 0 Å². The van der Waals surface area contributed by atoms with Crippen LogP contribution < -0.4 is 5.32 Å². The first kappa shape index (κ1) is 18.2. The van der Waals surface area contributed by atoms with Crippen LogP contribution in [0.1, 0.15) is 45.1 Å². The number of fused-ring (bicyclic) bond motifs is 1. The SMILES string of the molecule is Cc1ccc(NC(=O)c2ccc3c(c2)CCC3N2CCN(C)CC2)cc1C. The van der Waals surface area contributed by atoms with Crippen molar-refractivity contribution in [3.05, 3.63) is 64.2 Å². The fourth-order valence-corrected chi connectivity index (χ4v) is 4.27. The van der Waals surface area contributed by atoms with E-state index in [9.17, 15) is 4.79 Å². The lowest BCUT2D eigenvalue weighted by Crippen LogP contribution is -2.45. The van der Waals surface area contributed by atoms with E-state index in [-0.39, 0.29) is 5.91 Å². The maximum Gasteiger partial charge on any atom is 0.255 e. The summed E-state index contributed by atoms with van der Waals surface area (Å²) in [6.07, 6.45) is 2.23. The fourth-order valence-electron chi connectivity index (χ4n) is 4.27. The second kappa shape index (κ2) is 7.45. The van der Waals surface area contributed by atoms with E-state index in [1.807, 2.05) is 24.3 Å². The topological polar surface area (TPSA) is 35.6 Å². The zero-order valence-electron chi connectivity index (χ0n) is 16.6. The standard InChI is InChI=1S/C23H29N3O/c1-16-4-7-20(14-17(16)2)24-23(27)19-5-8-21-18(15-19)6-9-22(21)26-12-10-25(3)11-13-26/h4-5,7-8,14-15,22H,6,9-13H2,1-3H3,(H,24,27). The molecule has 1 amide bonds. The van der Waals surface area contributed by atoms with Crippen LogP contribution in [0.2, 0.25) is 0 Å². The Morgan fingerprint density at radius 2 is 1.78 bits per heavy atom. The van der Waals surface area contributed by atoms with Gasteiger partial charge in [-0.05, 0) is 80.3 Å². The number of nitrogens with zero attached hydrogens (tertiary/aromatic N) is 2. The van der Waals surface area contributed by atoms with Gasteiger partial charge in [-0.15, -0.1) is 0 Å². The summed E-state index contributed by atoms with van der Waals surface area (Å²) in [4.78, 5) is 17.7. The quantitative estimate of drug-likeness (QED) is 0.901. The number of carbonyl (C=O) groups excluding carboxylic acids is 1.